The minimum atomic E-state index is -0.453. The van der Waals surface area contributed by atoms with Gasteiger partial charge in [-0.25, -0.2) is 4.79 Å². The van der Waals surface area contributed by atoms with Crippen molar-refractivity contribution in [3.05, 3.63) is 29.8 Å². The highest BCUT2D eigenvalue weighted by Crippen LogP contribution is 2.15. The Kier molecular flexibility index (Phi) is 6.01. The second-order valence-corrected chi connectivity index (χ2v) is 7.37. The molecule has 0 spiro atoms. The van der Waals surface area contributed by atoms with Crippen LogP contribution >= 0.6 is 12.2 Å². The van der Waals surface area contributed by atoms with Gasteiger partial charge in [0.1, 0.15) is 5.60 Å². The molecule has 2 rings (SSSR count). The molecule has 1 saturated heterocycles. The van der Waals surface area contributed by atoms with E-state index in [1.807, 2.05) is 39.0 Å². The second kappa shape index (κ2) is 7.81. The summed E-state index contributed by atoms with van der Waals surface area (Å²) in [4.78, 5) is 16.2. The predicted molar refractivity (Wildman–Crippen MR) is 99.9 cm³/mol. The lowest BCUT2D eigenvalue weighted by molar-refractivity contribution is 0.0139. The molecule has 1 fully saturated rings. The summed E-state index contributed by atoms with van der Waals surface area (Å²) in [6.45, 7) is 9.49. The van der Waals surface area contributed by atoms with Crippen molar-refractivity contribution in [1.82, 2.24) is 9.80 Å². The molecule has 1 aromatic carbocycles. The van der Waals surface area contributed by atoms with Gasteiger partial charge in [-0.15, -0.1) is 0 Å². The van der Waals surface area contributed by atoms with E-state index in [1.165, 1.54) is 5.56 Å². The van der Waals surface area contributed by atoms with E-state index in [1.54, 1.807) is 4.90 Å². The van der Waals surface area contributed by atoms with E-state index in [0.717, 1.165) is 25.3 Å². The molecule has 1 heterocycles. The van der Waals surface area contributed by atoms with Crippen molar-refractivity contribution in [2.24, 2.45) is 5.73 Å². The van der Waals surface area contributed by atoms with E-state index in [2.05, 4.69) is 16.3 Å². The largest absolute Gasteiger partial charge is 0.444 e. The van der Waals surface area contributed by atoms with Crippen LogP contribution in [0.3, 0.4) is 0 Å². The maximum absolute atomic E-state index is 12.1. The van der Waals surface area contributed by atoms with Gasteiger partial charge in [-0.2, -0.15) is 0 Å². The zero-order chi connectivity index (χ0) is 17.7. The highest BCUT2D eigenvalue weighted by Gasteiger charge is 2.25. The van der Waals surface area contributed by atoms with Gasteiger partial charge in [0.25, 0.3) is 0 Å². The van der Waals surface area contributed by atoms with E-state index in [9.17, 15) is 4.79 Å². The van der Waals surface area contributed by atoms with Gasteiger partial charge in [0, 0.05) is 38.4 Å². The van der Waals surface area contributed by atoms with E-state index >= 15 is 0 Å². The maximum atomic E-state index is 12.1. The van der Waals surface area contributed by atoms with Crippen LogP contribution in [0.25, 0.3) is 0 Å². The number of benzene rings is 1. The van der Waals surface area contributed by atoms with Crippen LogP contribution in [-0.2, 0) is 11.3 Å². The van der Waals surface area contributed by atoms with Crippen LogP contribution in [0.2, 0.25) is 0 Å². The Balaban J connectivity index is 1.85. The fourth-order valence-corrected chi connectivity index (χ4v) is 2.68. The first-order valence-corrected chi connectivity index (χ1v) is 8.49. The molecule has 0 radical (unpaired) electrons. The normalized spacial score (nSPS) is 15.9. The highest BCUT2D eigenvalue weighted by atomic mass is 32.1. The minimum absolute atomic E-state index is 0.232. The van der Waals surface area contributed by atoms with Crippen LogP contribution in [0.5, 0.6) is 0 Å². The van der Waals surface area contributed by atoms with E-state index in [4.69, 9.17) is 22.7 Å². The fourth-order valence-electron chi connectivity index (χ4n) is 2.56. The van der Waals surface area contributed by atoms with Crippen molar-refractivity contribution in [1.29, 1.82) is 0 Å². The van der Waals surface area contributed by atoms with Gasteiger partial charge >= 0.3 is 6.09 Å². The van der Waals surface area contributed by atoms with Gasteiger partial charge in [-0.3, -0.25) is 4.90 Å². The zero-order valence-corrected chi connectivity index (χ0v) is 15.4. The molecule has 1 amide bonds. The number of thiocarbonyl (C=S) groups is 1. The molecule has 0 unspecified atom stereocenters. The number of carbonyl (C=O) groups is 1. The molecular weight excluding hydrogens is 324 g/mol. The molecule has 3 N–H and O–H groups in total. The Morgan fingerprint density at radius 3 is 2.54 bits per heavy atom. The first-order valence-electron chi connectivity index (χ1n) is 8.08. The van der Waals surface area contributed by atoms with Gasteiger partial charge in [-0.05, 0) is 50.7 Å². The minimum Gasteiger partial charge on any atom is -0.444 e. The molecule has 7 heteroatoms. The number of amides is 1. The molecule has 0 bridgehead atoms. The van der Waals surface area contributed by atoms with Gasteiger partial charge in [0.15, 0.2) is 5.11 Å². The third-order valence-electron chi connectivity index (χ3n) is 3.62. The number of nitrogens with two attached hydrogens (primary N) is 1. The van der Waals surface area contributed by atoms with Crippen molar-refractivity contribution >= 4 is 29.1 Å². The number of anilines is 1. The maximum Gasteiger partial charge on any atom is 0.410 e. The number of hydrogen-bond acceptors (Lipinski definition) is 4. The predicted octanol–water partition coefficient (Wildman–Crippen LogP) is 2.39. The van der Waals surface area contributed by atoms with E-state index in [0.29, 0.717) is 13.1 Å². The smallest absolute Gasteiger partial charge is 0.410 e. The standard InChI is InChI=1S/C17H26N4O2S/c1-17(2,3)23-16(22)21-9-7-20(8-10-21)12-13-5-4-6-14(11-13)19-15(18)24/h4-6,11H,7-10,12H2,1-3H3,(H3,18,19,24). The molecule has 6 nitrogen and oxygen atoms in total. The van der Waals surface area contributed by atoms with Crippen LogP contribution in [-0.4, -0.2) is 52.8 Å². The second-order valence-electron chi connectivity index (χ2n) is 6.93. The summed E-state index contributed by atoms with van der Waals surface area (Å²) in [5.41, 5.74) is 7.13. The quantitative estimate of drug-likeness (QED) is 0.816. The number of rotatable bonds is 3. The first kappa shape index (κ1) is 18.5. The molecule has 24 heavy (non-hydrogen) atoms. The Bertz CT molecular complexity index is 592. The van der Waals surface area contributed by atoms with Crippen molar-refractivity contribution in [2.45, 2.75) is 32.9 Å². The summed E-state index contributed by atoms with van der Waals surface area (Å²) in [6, 6.07) is 8.03. The van der Waals surface area contributed by atoms with Crippen molar-refractivity contribution in [2.75, 3.05) is 31.5 Å². The van der Waals surface area contributed by atoms with Gasteiger partial charge in [0.05, 0.1) is 0 Å². The molecule has 0 atom stereocenters. The third kappa shape index (κ3) is 5.98. The van der Waals surface area contributed by atoms with Crippen molar-refractivity contribution in [3.63, 3.8) is 0 Å². The van der Waals surface area contributed by atoms with Gasteiger partial charge in [-0.1, -0.05) is 12.1 Å². The van der Waals surface area contributed by atoms with Crippen molar-refractivity contribution in [3.8, 4) is 0 Å². The Labute approximate surface area is 148 Å². The van der Waals surface area contributed by atoms with Crippen LogP contribution in [0.4, 0.5) is 10.5 Å². The monoisotopic (exact) mass is 350 g/mol. The molecule has 132 valence electrons. The van der Waals surface area contributed by atoms with Gasteiger partial charge < -0.3 is 20.7 Å². The lowest BCUT2D eigenvalue weighted by Gasteiger charge is -2.35. The van der Waals surface area contributed by atoms with Gasteiger partial charge in [0.2, 0.25) is 0 Å². The number of piperazine rings is 1. The Morgan fingerprint density at radius 1 is 1.29 bits per heavy atom. The third-order valence-corrected chi connectivity index (χ3v) is 3.73. The molecule has 1 aliphatic heterocycles. The topological polar surface area (TPSA) is 70.8 Å². The first-order chi connectivity index (χ1) is 11.2. The van der Waals surface area contributed by atoms with Crippen LogP contribution < -0.4 is 11.1 Å². The number of nitrogens with one attached hydrogen (secondary N) is 1. The number of nitrogens with zero attached hydrogens (tertiary/aromatic N) is 2. The van der Waals surface area contributed by atoms with E-state index in [-0.39, 0.29) is 11.2 Å². The van der Waals surface area contributed by atoms with Crippen LogP contribution in [0.1, 0.15) is 26.3 Å². The molecule has 1 aromatic rings. The van der Waals surface area contributed by atoms with E-state index < -0.39 is 5.60 Å². The number of ether oxygens (including phenoxy) is 1. The van der Waals surface area contributed by atoms with Crippen molar-refractivity contribution < 1.29 is 9.53 Å². The SMILES string of the molecule is CC(C)(C)OC(=O)N1CCN(Cc2cccc(NC(N)=S)c2)CC1. The van der Waals surface area contributed by atoms with Crippen LogP contribution in [0.15, 0.2) is 24.3 Å². The van der Waals surface area contributed by atoms with Crippen LogP contribution in [0, 0.1) is 0 Å². The summed E-state index contributed by atoms with van der Waals surface area (Å²) >= 11 is 4.86. The molecule has 1 aliphatic rings. The summed E-state index contributed by atoms with van der Waals surface area (Å²) in [5.74, 6) is 0. The lowest BCUT2D eigenvalue weighted by atomic mass is 10.1. The molecular formula is C17H26N4O2S. The Hall–Kier alpha value is -1.86. The zero-order valence-electron chi connectivity index (χ0n) is 14.5. The summed E-state index contributed by atoms with van der Waals surface area (Å²) in [6.07, 6.45) is -0.232. The average molecular weight is 350 g/mol. The average Bonchev–Trinajstić information content (AvgIpc) is 2.46. The lowest BCUT2D eigenvalue weighted by Crippen LogP contribution is -2.49. The fraction of sp³-hybridized carbons (Fsp3) is 0.529. The molecule has 0 aliphatic carbocycles. The summed E-state index contributed by atoms with van der Waals surface area (Å²) < 4.78 is 5.42. The molecule has 0 saturated carbocycles. The highest BCUT2D eigenvalue weighted by molar-refractivity contribution is 7.80. The molecule has 0 aromatic heterocycles. The summed E-state index contributed by atoms with van der Waals surface area (Å²) in [7, 11) is 0. The Morgan fingerprint density at radius 2 is 1.96 bits per heavy atom. The number of hydrogen-bond donors (Lipinski definition) is 2. The summed E-state index contributed by atoms with van der Waals surface area (Å²) in [5, 5.41) is 3.21. The number of carbonyl (C=O) groups excluding carboxylic acids is 1.